The molecule has 0 spiro atoms. The zero-order valence-electron chi connectivity index (χ0n) is 10.6. The zero-order valence-corrected chi connectivity index (χ0v) is 11.4. The fraction of sp³-hybridized carbons (Fsp3) is 0.545. The molecule has 1 atom stereocenters. The predicted octanol–water partition coefficient (Wildman–Crippen LogP) is 0.301. The van der Waals surface area contributed by atoms with Crippen molar-refractivity contribution in [1.82, 2.24) is 15.3 Å². The first-order valence-corrected chi connectivity index (χ1v) is 6.83. The first-order valence-electron chi connectivity index (χ1n) is 5.60. The average Bonchev–Trinajstić information content (AvgIpc) is 2.34. The number of aromatic nitrogens is 2. The van der Waals surface area contributed by atoms with Gasteiger partial charge in [-0.1, -0.05) is 6.92 Å². The molecule has 7 heteroatoms. The van der Waals surface area contributed by atoms with Crippen molar-refractivity contribution in [3.05, 3.63) is 21.7 Å². The van der Waals surface area contributed by atoms with Crippen LogP contribution in [0.15, 0.2) is 9.82 Å². The summed E-state index contributed by atoms with van der Waals surface area (Å²) in [7, 11) is 0. The summed E-state index contributed by atoms with van der Waals surface area (Å²) >= 11 is 1.24. The van der Waals surface area contributed by atoms with Crippen LogP contribution in [0, 0.1) is 6.92 Å². The van der Waals surface area contributed by atoms with Crippen LogP contribution in [0.3, 0.4) is 0 Å². The summed E-state index contributed by atoms with van der Waals surface area (Å²) in [6.45, 7) is 3.66. The number of hydrogen-bond acceptors (Lipinski definition) is 5. The lowest BCUT2D eigenvalue weighted by atomic mass is 10.2. The Bertz CT molecular complexity index is 487. The zero-order chi connectivity index (χ0) is 13.7. The molecule has 0 aromatic carbocycles. The molecular formula is C11H17N3O3S. The van der Waals surface area contributed by atoms with Gasteiger partial charge in [0.1, 0.15) is 5.03 Å². The van der Waals surface area contributed by atoms with E-state index in [-0.39, 0.29) is 12.5 Å². The predicted molar refractivity (Wildman–Crippen MR) is 70.0 cm³/mol. The van der Waals surface area contributed by atoms with Gasteiger partial charge in [-0.15, -0.1) is 11.8 Å². The van der Waals surface area contributed by atoms with Gasteiger partial charge in [-0.2, -0.15) is 4.98 Å². The van der Waals surface area contributed by atoms with Crippen LogP contribution in [0.5, 0.6) is 0 Å². The van der Waals surface area contributed by atoms with Gasteiger partial charge in [0, 0.05) is 12.2 Å². The Kier molecular flexibility index (Phi) is 5.36. The summed E-state index contributed by atoms with van der Waals surface area (Å²) in [5.74, 6) is -0.340. The first-order chi connectivity index (χ1) is 8.49. The highest BCUT2D eigenvalue weighted by Crippen LogP contribution is 2.17. The van der Waals surface area contributed by atoms with Crippen molar-refractivity contribution < 1.29 is 9.90 Å². The highest BCUT2D eigenvalue weighted by atomic mass is 32.2. The molecule has 0 aliphatic rings. The van der Waals surface area contributed by atoms with E-state index < -0.39 is 11.8 Å². The number of hydrogen-bond donors (Lipinski definition) is 3. The number of rotatable bonds is 5. The van der Waals surface area contributed by atoms with E-state index in [1.807, 2.05) is 6.92 Å². The van der Waals surface area contributed by atoms with Gasteiger partial charge in [0.05, 0.1) is 11.7 Å². The van der Waals surface area contributed by atoms with Crippen molar-refractivity contribution in [2.24, 2.45) is 0 Å². The minimum Gasteiger partial charge on any atom is -0.391 e. The second-order valence-electron chi connectivity index (χ2n) is 3.82. The molecule has 1 unspecified atom stereocenters. The molecule has 1 aromatic heterocycles. The summed E-state index contributed by atoms with van der Waals surface area (Å²) in [5, 5.41) is 12.4. The summed E-state index contributed by atoms with van der Waals surface area (Å²) in [6, 6.07) is 0. The van der Waals surface area contributed by atoms with Crippen molar-refractivity contribution in [2.45, 2.75) is 31.4 Å². The molecular weight excluding hydrogens is 254 g/mol. The Labute approximate surface area is 109 Å². The fourth-order valence-corrected chi connectivity index (χ4v) is 2.04. The number of nitrogens with one attached hydrogen (secondary N) is 2. The van der Waals surface area contributed by atoms with Crippen LogP contribution >= 0.6 is 11.8 Å². The SMILES string of the molecule is CCC(O)CNC(=O)c1c(SC)nc(=O)[nH]c1C. The Balaban J connectivity index is 2.95. The number of aromatic amines is 1. The maximum absolute atomic E-state index is 12.0. The van der Waals surface area contributed by atoms with Crippen molar-refractivity contribution in [3.8, 4) is 0 Å². The third kappa shape index (κ3) is 3.58. The van der Waals surface area contributed by atoms with Crippen molar-refractivity contribution in [3.63, 3.8) is 0 Å². The lowest BCUT2D eigenvalue weighted by molar-refractivity contribution is 0.0909. The summed E-state index contributed by atoms with van der Waals surface area (Å²) in [5.41, 5.74) is 0.357. The molecule has 1 amide bonds. The Hall–Kier alpha value is -1.34. The molecule has 1 aromatic rings. The molecule has 18 heavy (non-hydrogen) atoms. The van der Waals surface area contributed by atoms with Gasteiger partial charge >= 0.3 is 5.69 Å². The van der Waals surface area contributed by atoms with Gasteiger partial charge in [0.15, 0.2) is 0 Å². The average molecular weight is 271 g/mol. The molecule has 0 saturated carbocycles. The van der Waals surface area contributed by atoms with E-state index >= 15 is 0 Å². The molecule has 0 fully saturated rings. The van der Waals surface area contributed by atoms with E-state index in [1.165, 1.54) is 11.8 Å². The Morgan fingerprint density at radius 1 is 1.61 bits per heavy atom. The number of carbonyl (C=O) groups excluding carboxylic acids is 1. The topological polar surface area (TPSA) is 95.1 Å². The number of H-pyrrole nitrogens is 1. The van der Waals surface area contributed by atoms with E-state index in [9.17, 15) is 14.7 Å². The molecule has 3 N–H and O–H groups in total. The van der Waals surface area contributed by atoms with Crippen LogP contribution < -0.4 is 11.0 Å². The van der Waals surface area contributed by atoms with Crippen LogP contribution in [0.25, 0.3) is 0 Å². The molecule has 0 radical (unpaired) electrons. The van der Waals surface area contributed by atoms with Crippen LogP contribution in [-0.2, 0) is 0 Å². The maximum atomic E-state index is 12.0. The summed E-state index contributed by atoms with van der Waals surface area (Å²) < 4.78 is 0. The molecule has 0 aliphatic carbocycles. The third-order valence-electron chi connectivity index (χ3n) is 2.48. The van der Waals surface area contributed by atoms with Gasteiger partial charge in [0.25, 0.3) is 5.91 Å². The van der Waals surface area contributed by atoms with Crippen LogP contribution in [-0.4, -0.2) is 39.9 Å². The van der Waals surface area contributed by atoms with Crippen molar-refractivity contribution in [1.29, 1.82) is 0 Å². The molecule has 0 saturated heterocycles. The van der Waals surface area contributed by atoms with Gasteiger partial charge in [0.2, 0.25) is 0 Å². The lowest BCUT2D eigenvalue weighted by Gasteiger charge is -2.12. The first kappa shape index (κ1) is 14.7. The lowest BCUT2D eigenvalue weighted by Crippen LogP contribution is -2.33. The normalized spacial score (nSPS) is 12.2. The smallest absolute Gasteiger partial charge is 0.346 e. The maximum Gasteiger partial charge on any atom is 0.346 e. The number of carbonyl (C=O) groups is 1. The summed E-state index contributed by atoms with van der Waals surface area (Å²) in [6.07, 6.45) is 1.75. The molecule has 1 heterocycles. The number of amides is 1. The molecule has 0 bridgehead atoms. The summed E-state index contributed by atoms with van der Waals surface area (Å²) in [4.78, 5) is 29.4. The van der Waals surface area contributed by atoms with Gasteiger partial charge < -0.3 is 15.4 Å². The second kappa shape index (κ2) is 6.55. The molecule has 6 nitrogen and oxygen atoms in total. The standard InChI is InChI=1S/C11H17N3O3S/c1-4-7(15)5-12-9(16)8-6(2)13-11(17)14-10(8)18-3/h7,15H,4-5H2,1-3H3,(H,12,16)(H,13,14,17). The van der Waals surface area contributed by atoms with Crippen molar-refractivity contribution >= 4 is 17.7 Å². The highest BCUT2D eigenvalue weighted by Gasteiger charge is 2.17. The van der Waals surface area contributed by atoms with E-state index in [0.29, 0.717) is 22.7 Å². The number of aryl methyl sites for hydroxylation is 1. The van der Waals surface area contributed by atoms with E-state index in [1.54, 1.807) is 13.2 Å². The quantitative estimate of drug-likeness (QED) is 0.529. The van der Waals surface area contributed by atoms with E-state index in [2.05, 4.69) is 15.3 Å². The minimum absolute atomic E-state index is 0.182. The van der Waals surface area contributed by atoms with Crippen LogP contribution in [0.1, 0.15) is 29.4 Å². The van der Waals surface area contributed by atoms with E-state index in [0.717, 1.165) is 0 Å². The fourth-order valence-electron chi connectivity index (χ4n) is 1.42. The van der Waals surface area contributed by atoms with Gasteiger partial charge in [-0.05, 0) is 19.6 Å². The Morgan fingerprint density at radius 3 is 2.83 bits per heavy atom. The largest absolute Gasteiger partial charge is 0.391 e. The third-order valence-corrected chi connectivity index (χ3v) is 3.16. The van der Waals surface area contributed by atoms with Crippen LogP contribution in [0.2, 0.25) is 0 Å². The number of aliphatic hydroxyl groups is 1. The molecule has 1 rings (SSSR count). The molecule has 100 valence electrons. The number of thioether (sulfide) groups is 1. The monoisotopic (exact) mass is 271 g/mol. The minimum atomic E-state index is -0.567. The van der Waals surface area contributed by atoms with Gasteiger partial charge in [-0.3, -0.25) is 4.79 Å². The van der Waals surface area contributed by atoms with Gasteiger partial charge in [-0.25, -0.2) is 4.79 Å². The van der Waals surface area contributed by atoms with Crippen LogP contribution in [0.4, 0.5) is 0 Å². The second-order valence-corrected chi connectivity index (χ2v) is 4.62. The number of aliphatic hydroxyl groups excluding tert-OH is 1. The number of nitrogens with zero attached hydrogens (tertiary/aromatic N) is 1. The highest BCUT2D eigenvalue weighted by molar-refractivity contribution is 7.98. The molecule has 0 aliphatic heterocycles. The van der Waals surface area contributed by atoms with E-state index in [4.69, 9.17) is 0 Å². The van der Waals surface area contributed by atoms with Crippen molar-refractivity contribution in [2.75, 3.05) is 12.8 Å². The Morgan fingerprint density at radius 2 is 2.28 bits per heavy atom.